The summed E-state index contributed by atoms with van der Waals surface area (Å²) in [6.45, 7) is -0.0320. The highest BCUT2D eigenvalue weighted by atomic mass is 32.2. The Morgan fingerprint density at radius 1 is 0.864 bits per heavy atom. The van der Waals surface area contributed by atoms with E-state index in [-0.39, 0.29) is 68.5 Å². The van der Waals surface area contributed by atoms with Crippen LogP contribution in [0.5, 0.6) is 0 Å². The molecule has 2 atom stereocenters. The maximum absolute atomic E-state index is 15.0. The van der Waals surface area contributed by atoms with Crippen LogP contribution in [0.3, 0.4) is 0 Å². The quantitative estimate of drug-likeness (QED) is 0.375. The first-order valence-electron chi connectivity index (χ1n) is 14.2. The van der Waals surface area contributed by atoms with Crippen molar-refractivity contribution in [3.05, 3.63) is 70.8 Å². The summed E-state index contributed by atoms with van der Waals surface area (Å²) < 4.78 is 123. The van der Waals surface area contributed by atoms with Gasteiger partial charge in [0.2, 0.25) is 5.91 Å². The van der Waals surface area contributed by atoms with Gasteiger partial charge in [-0.15, -0.1) is 0 Å². The van der Waals surface area contributed by atoms with Gasteiger partial charge in [-0.3, -0.25) is 9.59 Å². The summed E-state index contributed by atoms with van der Waals surface area (Å²) in [4.78, 5) is 26.6. The first-order valence-corrected chi connectivity index (χ1v) is 15.8. The number of hydrogen-bond donors (Lipinski definition) is 1. The maximum Gasteiger partial charge on any atom is 0.435 e. The van der Waals surface area contributed by atoms with E-state index in [1.807, 2.05) is 0 Å². The average Bonchev–Trinajstić information content (AvgIpc) is 3.37. The summed E-state index contributed by atoms with van der Waals surface area (Å²) in [5.74, 6) is -2.95. The second kappa shape index (κ2) is 11.0. The molecule has 1 heterocycles. The van der Waals surface area contributed by atoms with Crippen LogP contribution in [0, 0.1) is 11.8 Å². The predicted octanol–water partition coefficient (Wildman–Crippen LogP) is 6.22. The number of halogens is 7. The number of alkyl halides is 7. The van der Waals surface area contributed by atoms with E-state index in [2.05, 4.69) is 0 Å². The molecule has 2 aromatic carbocycles. The topological polar surface area (TPSA) is 91.8 Å². The first-order chi connectivity index (χ1) is 20.4. The molecule has 1 N–H and O–H groups in total. The van der Waals surface area contributed by atoms with E-state index in [4.69, 9.17) is 0 Å². The summed E-state index contributed by atoms with van der Waals surface area (Å²) in [6.07, 6.45) is -12.0. The van der Waals surface area contributed by atoms with Crippen molar-refractivity contribution in [1.29, 1.82) is 0 Å². The minimum atomic E-state index is -6.33. The normalized spacial score (nSPS) is 26.2. The lowest BCUT2D eigenvalue weighted by molar-refractivity contribution is -0.348. The fourth-order valence-corrected chi connectivity index (χ4v) is 9.80. The lowest BCUT2D eigenvalue weighted by Crippen LogP contribution is -2.54. The van der Waals surface area contributed by atoms with E-state index >= 15 is 0 Å². The van der Waals surface area contributed by atoms with Gasteiger partial charge in [0.25, 0.3) is 0 Å². The second-order valence-corrected chi connectivity index (χ2v) is 14.1. The maximum atomic E-state index is 15.0. The number of aryl methyl sites for hydroxylation is 1. The Balaban J connectivity index is 1.59. The highest BCUT2D eigenvalue weighted by Gasteiger charge is 2.73. The molecular formula is C30H30F7NO5S. The highest BCUT2D eigenvalue weighted by molar-refractivity contribution is 7.91. The Morgan fingerprint density at radius 2 is 1.45 bits per heavy atom. The molecule has 14 heteroatoms. The number of benzene rings is 2. The Morgan fingerprint density at radius 3 is 2.02 bits per heavy atom. The zero-order valence-electron chi connectivity index (χ0n) is 23.3. The number of carbonyl (C=O) groups excluding carboxylic acids is 1. The van der Waals surface area contributed by atoms with Crippen molar-refractivity contribution in [3.8, 4) is 0 Å². The number of carboxylic acid groups (broad SMARTS) is 1. The van der Waals surface area contributed by atoms with Crippen molar-refractivity contribution in [1.82, 2.24) is 4.90 Å². The van der Waals surface area contributed by atoms with Crippen LogP contribution in [0.1, 0.15) is 60.8 Å². The Labute approximate surface area is 249 Å². The smallest absolute Gasteiger partial charge is 0.435 e. The van der Waals surface area contributed by atoms with E-state index in [0.29, 0.717) is 17.7 Å². The van der Waals surface area contributed by atoms with E-state index < -0.39 is 67.8 Å². The second-order valence-electron chi connectivity index (χ2n) is 11.9. The summed E-state index contributed by atoms with van der Waals surface area (Å²) in [5.41, 5.74) is -7.15. The third-order valence-electron chi connectivity index (χ3n) is 9.53. The number of likely N-dealkylation sites (tertiary alicyclic amines) is 1. The van der Waals surface area contributed by atoms with Gasteiger partial charge in [0.05, 0.1) is 17.7 Å². The van der Waals surface area contributed by atoms with Gasteiger partial charge in [-0.05, 0) is 61.6 Å². The van der Waals surface area contributed by atoms with Crippen LogP contribution in [0.2, 0.25) is 0 Å². The Hall–Kier alpha value is -3.16. The van der Waals surface area contributed by atoms with Gasteiger partial charge in [0, 0.05) is 18.0 Å². The van der Waals surface area contributed by atoms with Gasteiger partial charge in [-0.1, -0.05) is 48.5 Å². The van der Waals surface area contributed by atoms with Gasteiger partial charge in [-0.2, -0.15) is 26.3 Å². The van der Waals surface area contributed by atoms with Gasteiger partial charge in [0.1, 0.15) is 4.75 Å². The van der Waals surface area contributed by atoms with Crippen molar-refractivity contribution in [2.45, 2.75) is 79.5 Å². The number of carbonyl (C=O) groups is 2. The zero-order chi connectivity index (χ0) is 32.3. The lowest BCUT2D eigenvalue weighted by Gasteiger charge is -2.44. The molecule has 0 spiro atoms. The minimum Gasteiger partial charge on any atom is -0.481 e. The van der Waals surface area contributed by atoms with Gasteiger partial charge < -0.3 is 10.0 Å². The van der Waals surface area contributed by atoms with E-state index in [9.17, 15) is 53.8 Å². The molecular weight excluding hydrogens is 619 g/mol. The van der Waals surface area contributed by atoms with Crippen LogP contribution in [0.4, 0.5) is 30.7 Å². The molecule has 0 bridgehead atoms. The molecule has 1 amide bonds. The SMILES string of the molecule is O=C(O)C1CCC(C(=O)N2CC[C@@]3(S(=O)(=O)Cc4ccccc4)c4ccc(C(F)(C(F)(F)F)C(F)(F)F)cc4CC[C@@H]23)CC1. The van der Waals surface area contributed by atoms with Crippen molar-refractivity contribution in [2.75, 3.05) is 6.54 Å². The van der Waals surface area contributed by atoms with E-state index in [1.54, 1.807) is 30.3 Å². The van der Waals surface area contributed by atoms with Crippen molar-refractivity contribution >= 4 is 21.7 Å². The summed E-state index contributed by atoms with van der Waals surface area (Å²) in [5, 5.41) is 9.32. The van der Waals surface area contributed by atoms with Crippen LogP contribution in [-0.4, -0.2) is 55.2 Å². The summed E-state index contributed by atoms with van der Waals surface area (Å²) >= 11 is 0. The van der Waals surface area contributed by atoms with Gasteiger partial charge in [-0.25, -0.2) is 12.8 Å². The molecule has 240 valence electrons. The number of fused-ring (bicyclic) bond motifs is 3. The van der Waals surface area contributed by atoms with Crippen molar-refractivity contribution < 1.29 is 53.8 Å². The average molecular weight is 650 g/mol. The predicted molar refractivity (Wildman–Crippen MR) is 144 cm³/mol. The third kappa shape index (κ3) is 5.06. The number of aliphatic carboxylic acids is 1. The summed E-state index contributed by atoms with van der Waals surface area (Å²) in [6, 6.07) is 8.73. The largest absolute Gasteiger partial charge is 0.481 e. The number of hydrogen-bond acceptors (Lipinski definition) is 4. The van der Waals surface area contributed by atoms with Crippen LogP contribution < -0.4 is 0 Å². The monoisotopic (exact) mass is 649 g/mol. The molecule has 44 heavy (non-hydrogen) atoms. The number of carboxylic acids is 1. The van der Waals surface area contributed by atoms with Crippen molar-refractivity contribution in [3.63, 3.8) is 0 Å². The standard InChI is InChI=1S/C30H30F7NO5S/c31-28(29(32,33)34,30(35,36)37)22-11-12-23-21(16-22)10-13-24-27(23,44(42,43)17-18-4-2-1-3-5-18)14-15-38(24)25(39)19-6-8-20(9-7-19)26(40)41/h1-5,11-12,16,19-20,24H,6-10,13-15,17H2,(H,40,41)/t19?,20?,24-,27-/m1/s1. The molecule has 3 aliphatic rings. The van der Waals surface area contributed by atoms with Crippen LogP contribution in [0.15, 0.2) is 48.5 Å². The van der Waals surface area contributed by atoms with E-state index in [1.165, 1.54) is 4.90 Å². The number of sulfone groups is 1. The Bertz CT molecular complexity index is 1520. The number of rotatable bonds is 6. The number of nitrogens with zero attached hydrogens (tertiary/aromatic N) is 1. The van der Waals surface area contributed by atoms with Gasteiger partial charge >= 0.3 is 24.0 Å². The molecule has 2 aromatic rings. The minimum absolute atomic E-state index is 0.0320. The fourth-order valence-electron chi connectivity index (χ4n) is 7.31. The van der Waals surface area contributed by atoms with Crippen molar-refractivity contribution in [2.24, 2.45) is 11.8 Å². The van der Waals surface area contributed by atoms with Crippen LogP contribution >= 0.6 is 0 Å². The molecule has 0 unspecified atom stereocenters. The van der Waals surface area contributed by atoms with Crippen LogP contribution in [-0.2, 0) is 42.0 Å². The molecule has 2 aliphatic carbocycles. The van der Waals surface area contributed by atoms with Crippen LogP contribution in [0.25, 0.3) is 0 Å². The van der Waals surface area contributed by atoms with Gasteiger partial charge in [0.15, 0.2) is 9.84 Å². The molecule has 0 radical (unpaired) electrons. The molecule has 1 aliphatic heterocycles. The fraction of sp³-hybridized carbons (Fsp3) is 0.533. The third-order valence-corrected chi connectivity index (χ3v) is 12.0. The molecule has 2 fully saturated rings. The molecule has 0 aromatic heterocycles. The molecule has 5 rings (SSSR count). The Kier molecular flexibility index (Phi) is 8.08. The molecule has 1 saturated heterocycles. The molecule has 6 nitrogen and oxygen atoms in total. The number of amides is 1. The van der Waals surface area contributed by atoms with E-state index in [0.717, 1.165) is 6.07 Å². The lowest BCUT2D eigenvalue weighted by atomic mass is 9.76. The summed E-state index contributed by atoms with van der Waals surface area (Å²) in [7, 11) is -4.28. The molecule has 1 saturated carbocycles. The first kappa shape index (κ1) is 32.2. The highest BCUT2D eigenvalue weighted by Crippen LogP contribution is 2.56. The zero-order valence-corrected chi connectivity index (χ0v) is 24.1.